The van der Waals surface area contributed by atoms with E-state index in [-0.39, 0.29) is 12.5 Å². The average molecular weight is 308 g/mol. The Hall–Kier alpha value is -0.210. The number of ether oxygens (including phenoxy) is 1. The molecule has 2 unspecified atom stereocenters. The van der Waals surface area contributed by atoms with Crippen molar-refractivity contribution in [3.8, 4) is 0 Å². The second-order valence-electron chi connectivity index (χ2n) is 5.88. The zero-order valence-electron chi connectivity index (χ0n) is 12.5. The van der Waals surface area contributed by atoms with E-state index in [0.717, 1.165) is 19.3 Å². The van der Waals surface area contributed by atoms with Gasteiger partial charge in [-0.15, -0.1) is 0 Å². The first-order chi connectivity index (χ1) is 9.30. The van der Waals surface area contributed by atoms with E-state index in [1.54, 1.807) is 7.11 Å². The molecule has 120 valence electrons. The van der Waals surface area contributed by atoms with E-state index in [9.17, 15) is 13.5 Å². The second-order valence-corrected chi connectivity index (χ2v) is 7.87. The van der Waals surface area contributed by atoms with Crippen LogP contribution in [-0.2, 0) is 14.8 Å². The van der Waals surface area contributed by atoms with Crippen molar-refractivity contribution < 1.29 is 18.3 Å². The summed E-state index contributed by atoms with van der Waals surface area (Å²) >= 11 is 0. The minimum Gasteiger partial charge on any atom is -0.387 e. The van der Waals surface area contributed by atoms with Gasteiger partial charge in [0.05, 0.1) is 18.5 Å². The lowest BCUT2D eigenvalue weighted by atomic mass is 9.84. The second kappa shape index (κ2) is 7.70. The molecule has 2 atom stereocenters. The third kappa shape index (κ3) is 5.65. The number of hydrogen-bond donors (Lipinski definition) is 2. The molecule has 0 aromatic carbocycles. The third-order valence-electron chi connectivity index (χ3n) is 3.88. The Kier molecular flexibility index (Phi) is 6.87. The van der Waals surface area contributed by atoms with Gasteiger partial charge in [0.2, 0.25) is 10.0 Å². The van der Waals surface area contributed by atoms with Crippen LogP contribution >= 0.6 is 0 Å². The highest BCUT2D eigenvalue weighted by Gasteiger charge is 2.34. The van der Waals surface area contributed by atoms with Gasteiger partial charge in [-0.05, 0) is 44.6 Å². The van der Waals surface area contributed by atoms with Crippen LogP contribution < -0.4 is 5.73 Å². The summed E-state index contributed by atoms with van der Waals surface area (Å²) < 4.78 is 29.9. The van der Waals surface area contributed by atoms with Crippen LogP contribution in [0.25, 0.3) is 0 Å². The van der Waals surface area contributed by atoms with E-state index >= 15 is 0 Å². The minimum atomic E-state index is -3.14. The molecule has 0 amide bonds. The van der Waals surface area contributed by atoms with Crippen LogP contribution in [0.1, 0.15) is 32.1 Å². The highest BCUT2D eigenvalue weighted by Crippen LogP contribution is 2.29. The highest BCUT2D eigenvalue weighted by atomic mass is 32.2. The molecule has 0 spiro atoms. The molecule has 20 heavy (non-hydrogen) atoms. The Morgan fingerprint density at radius 3 is 2.75 bits per heavy atom. The topological polar surface area (TPSA) is 92.9 Å². The lowest BCUT2D eigenvalue weighted by Crippen LogP contribution is -2.44. The lowest BCUT2D eigenvalue weighted by Gasteiger charge is -2.36. The monoisotopic (exact) mass is 308 g/mol. The number of aliphatic hydroxyl groups is 1. The highest BCUT2D eigenvalue weighted by molar-refractivity contribution is 7.88. The van der Waals surface area contributed by atoms with E-state index < -0.39 is 15.6 Å². The Labute approximate surface area is 122 Å². The van der Waals surface area contributed by atoms with Gasteiger partial charge in [-0.25, -0.2) is 12.7 Å². The van der Waals surface area contributed by atoms with E-state index in [4.69, 9.17) is 10.5 Å². The van der Waals surface area contributed by atoms with E-state index in [1.165, 1.54) is 10.6 Å². The normalized spacial score (nSPS) is 24.5. The van der Waals surface area contributed by atoms with Gasteiger partial charge in [0.25, 0.3) is 0 Å². The first-order valence-electron chi connectivity index (χ1n) is 7.17. The standard InChI is InChI=1S/C13H28N2O4S/c1-19-11-13(16,6-4-7-14)9-12-5-3-8-15(10-12)20(2,17)18/h12,16H,3-11,14H2,1-2H3. The molecular formula is C13H28N2O4S. The summed E-state index contributed by atoms with van der Waals surface area (Å²) in [4.78, 5) is 0. The van der Waals surface area contributed by atoms with Crippen LogP contribution in [0.5, 0.6) is 0 Å². The molecular weight excluding hydrogens is 280 g/mol. The molecule has 7 heteroatoms. The zero-order chi connectivity index (χ0) is 15.2. The number of nitrogens with zero attached hydrogens (tertiary/aromatic N) is 1. The molecule has 0 radical (unpaired) electrons. The van der Waals surface area contributed by atoms with Gasteiger partial charge in [0.1, 0.15) is 0 Å². The zero-order valence-corrected chi connectivity index (χ0v) is 13.4. The summed E-state index contributed by atoms with van der Waals surface area (Å²) in [7, 11) is -1.58. The predicted molar refractivity (Wildman–Crippen MR) is 78.9 cm³/mol. The fourth-order valence-corrected chi connectivity index (χ4v) is 3.91. The van der Waals surface area contributed by atoms with Crippen LogP contribution in [0.4, 0.5) is 0 Å². The molecule has 1 heterocycles. The Morgan fingerprint density at radius 1 is 1.50 bits per heavy atom. The third-order valence-corrected chi connectivity index (χ3v) is 5.15. The van der Waals surface area contributed by atoms with Crippen molar-refractivity contribution in [2.75, 3.05) is 39.6 Å². The molecule has 1 saturated heterocycles. The van der Waals surface area contributed by atoms with E-state index in [1.807, 2.05) is 0 Å². The summed E-state index contributed by atoms with van der Waals surface area (Å²) in [6.45, 7) is 1.88. The van der Waals surface area contributed by atoms with Crippen LogP contribution in [0, 0.1) is 5.92 Å². The maximum absolute atomic E-state index is 11.6. The number of methoxy groups -OCH3 is 1. The van der Waals surface area contributed by atoms with E-state index in [0.29, 0.717) is 32.5 Å². The van der Waals surface area contributed by atoms with E-state index in [2.05, 4.69) is 0 Å². The lowest BCUT2D eigenvalue weighted by molar-refractivity contribution is -0.0579. The Bertz CT molecular complexity index is 388. The summed E-state index contributed by atoms with van der Waals surface area (Å²) in [5.74, 6) is 0.177. The number of hydrogen-bond acceptors (Lipinski definition) is 5. The molecule has 1 aliphatic heterocycles. The Morgan fingerprint density at radius 2 is 2.20 bits per heavy atom. The smallest absolute Gasteiger partial charge is 0.211 e. The summed E-state index contributed by atoms with van der Waals surface area (Å²) in [6.07, 6.45) is 4.92. The maximum Gasteiger partial charge on any atom is 0.211 e. The molecule has 0 aromatic heterocycles. The average Bonchev–Trinajstić information content (AvgIpc) is 2.36. The number of rotatable bonds is 8. The van der Waals surface area contributed by atoms with Gasteiger partial charge in [-0.3, -0.25) is 0 Å². The minimum absolute atomic E-state index is 0.177. The van der Waals surface area contributed by atoms with Crippen molar-refractivity contribution >= 4 is 10.0 Å². The quantitative estimate of drug-likeness (QED) is 0.666. The summed E-state index contributed by atoms with van der Waals surface area (Å²) in [5, 5.41) is 10.6. The molecule has 6 nitrogen and oxygen atoms in total. The fourth-order valence-electron chi connectivity index (χ4n) is 2.96. The predicted octanol–water partition coefficient (Wildman–Crippen LogP) is 0.165. The Balaban J connectivity index is 2.63. The fraction of sp³-hybridized carbons (Fsp3) is 1.00. The van der Waals surface area contributed by atoms with Gasteiger partial charge >= 0.3 is 0 Å². The van der Waals surface area contributed by atoms with Gasteiger partial charge in [-0.1, -0.05) is 0 Å². The van der Waals surface area contributed by atoms with Gasteiger partial charge < -0.3 is 15.6 Å². The molecule has 1 fully saturated rings. The van der Waals surface area contributed by atoms with Crippen molar-refractivity contribution in [1.29, 1.82) is 0 Å². The molecule has 0 saturated carbocycles. The first kappa shape index (κ1) is 17.8. The van der Waals surface area contributed by atoms with Crippen LogP contribution in [-0.4, -0.2) is 63.0 Å². The van der Waals surface area contributed by atoms with Crippen molar-refractivity contribution in [3.05, 3.63) is 0 Å². The van der Waals surface area contributed by atoms with Crippen LogP contribution in [0.3, 0.4) is 0 Å². The largest absolute Gasteiger partial charge is 0.387 e. The van der Waals surface area contributed by atoms with Gasteiger partial charge in [-0.2, -0.15) is 0 Å². The van der Waals surface area contributed by atoms with Crippen molar-refractivity contribution in [2.24, 2.45) is 11.7 Å². The molecule has 0 aromatic rings. The van der Waals surface area contributed by atoms with Crippen LogP contribution in [0.2, 0.25) is 0 Å². The number of sulfonamides is 1. The maximum atomic E-state index is 11.6. The van der Waals surface area contributed by atoms with Crippen molar-refractivity contribution in [3.63, 3.8) is 0 Å². The van der Waals surface area contributed by atoms with Gasteiger partial charge in [0, 0.05) is 20.2 Å². The first-order valence-corrected chi connectivity index (χ1v) is 9.02. The van der Waals surface area contributed by atoms with Crippen molar-refractivity contribution in [2.45, 2.75) is 37.7 Å². The SMILES string of the molecule is COCC(O)(CCCN)CC1CCCN(S(C)(=O)=O)C1. The summed E-state index contributed by atoms with van der Waals surface area (Å²) in [6, 6.07) is 0. The molecule has 3 N–H and O–H groups in total. The van der Waals surface area contributed by atoms with Gasteiger partial charge in [0.15, 0.2) is 0 Å². The van der Waals surface area contributed by atoms with Crippen molar-refractivity contribution in [1.82, 2.24) is 4.31 Å². The molecule has 0 aliphatic carbocycles. The number of piperidine rings is 1. The molecule has 1 rings (SSSR count). The summed E-state index contributed by atoms with van der Waals surface area (Å²) in [5.41, 5.74) is 4.60. The molecule has 0 bridgehead atoms. The van der Waals surface area contributed by atoms with Crippen LogP contribution in [0.15, 0.2) is 0 Å². The molecule has 1 aliphatic rings. The number of nitrogens with two attached hydrogens (primary N) is 1.